The number of nitrogens with zero attached hydrogens (tertiary/aromatic N) is 2. The van der Waals surface area contributed by atoms with Gasteiger partial charge in [0.05, 0.1) is 29.2 Å². The number of aromatic nitrogens is 1. The zero-order chi connectivity index (χ0) is 21.1. The first-order valence-corrected chi connectivity index (χ1v) is 10.1. The number of halogens is 1. The minimum atomic E-state index is -0.0977. The monoisotopic (exact) mass is 416 g/mol. The van der Waals surface area contributed by atoms with Crippen LogP contribution < -0.4 is 5.06 Å². The van der Waals surface area contributed by atoms with Gasteiger partial charge in [-0.3, -0.25) is 14.6 Å². The van der Waals surface area contributed by atoms with Crippen molar-refractivity contribution in [3.8, 4) is 0 Å². The third-order valence-corrected chi connectivity index (χ3v) is 5.26. The summed E-state index contributed by atoms with van der Waals surface area (Å²) < 4.78 is 0. The minimum Gasteiger partial charge on any atom is -0.289 e. The van der Waals surface area contributed by atoms with Gasteiger partial charge >= 0.3 is 0 Å². The van der Waals surface area contributed by atoms with Gasteiger partial charge in [-0.2, -0.15) is 0 Å². The van der Waals surface area contributed by atoms with Gasteiger partial charge in [0.2, 0.25) is 0 Å². The first-order valence-electron chi connectivity index (χ1n) is 9.76. The molecule has 1 aromatic heterocycles. The van der Waals surface area contributed by atoms with E-state index in [2.05, 4.69) is 4.98 Å². The van der Waals surface area contributed by atoms with Crippen LogP contribution in [-0.2, 0) is 4.84 Å². The van der Waals surface area contributed by atoms with Crippen LogP contribution in [0.4, 0.5) is 11.4 Å². The fourth-order valence-corrected chi connectivity index (χ4v) is 3.72. The van der Waals surface area contributed by atoms with Crippen molar-refractivity contribution >= 4 is 39.5 Å². The SMILES string of the molecule is CCON(c1ccc(C(=O)c2ccccc2C)c(Cl)c1)c1cncc2ccccc12. The van der Waals surface area contributed by atoms with Gasteiger partial charge in [-0.15, -0.1) is 0 Å². The molecule has 4 rings (SSSR count). The van der Waals surface area contributed by atoms with Gasteiger partial charge in [-0.25, -0.2) is 5.06 Å². The maximum Gasteiger partial charge on any atom is 0.194 e. The van der Waals surface area contributed by atoms with Gasteiger partial charge in [0.15, 0.2) is 5.78 Å². The fraction of sp³-hybridized carbons (Fsp3) is 0.120. The Kier molecular flexibility index (Phi) is 5.79. The zero-order valence-corrected chi connectivity index (χ0v) is 17.6. The highest BCUT2D eigenvalue weighted by Crippen LogP contribution is 2.34. The average molecular weight is 417 g/mol. The van der Waals surface area contributed by atoms with Gasteiger partial charge in [0.1, 0.15) is 0 Å². The Hall–Kier alpha value is -3.21. The van der Waals surface area contributed by atoms with E-state index < -0.39 is 0 Å². The van der Waals surface area contributed by atoms with Crippen molar-refractivity contribution in [1.82, 2.24) is 4.98 Å². The molecule has 0 saturated carbocycles. The van der Waals surface area contributed by atoms with Crippen LogP contribution in [0.25, 0.3) is 10.8 Å². The van der Waals surface area contributed by atoms with Gasteiger partial charge in [-0.1, -0.05) is 60.1 Å². The van der Waals surface area contributed by atoms with Crippen molar-refractivity contribution in [3.63, 3.8) is 0 Å². The van der Waals surface area contributed by atoms with Gasteiger partial charge in [-0.05, 0) is 37.6 Å². The summed E-state index contributed by atoms with van der Waals surface area (Å²) in [5, 5.41) is 4.11. The molecule has 30 heavy (non-hydrogen) atoms. The van der Waals surface area contributed by atoms with E-state index in [0.29, 0.717) is 22.8 Å². The predicted molar refractivity (Wildman–Crippen MR) is 122 cm³/mol. The second-order valence-electron chi connectivity index (χ2n) is 6.90. The van der Waals surface area contributed by atoms with Crippen molar-refractivity contribution < 1.29 is 9.63 Å². The van der Waals surface area contributed by atoms with E-state index in [1.54, 1.807) is 23.4 Å². The van der Waals surface area contributed by atoms with E-state index in [0.717, 1.165) is 27.7 Å². The van der Waals surface area contributed by atoms with Crippen LogP contribution in [-0.4, -0.2) is 17.4 Å². The summed E-state index contributed by atoms with van der Waals surface area (Å²) in [6.07, 6.45) is 3.58. The lowest BCUT2D eigenvalue weighted by atomic mass is 9.99. The van der Waals surface area contributed by atoms with Crippen molar-refractivity contribution in [1.29, 1.82) is 0 Å². The number of pyridine rings is 1. The van der Waals surface area contributed by atoms with E-state index in [9.17, 15) is 4.79 Å². The summed E-state index contributed by atoms with van der Waals surface area (Å²) in [7, 11) is 0. The van der Waals surface area contributed by atoms with Crippen molar-refractivity contribution in [2.75, 3.05) is 11.7 Å². The summed E-state index contributed by atoms with van der Waals surface area (Å²) in [4.78, 5) is 23.3. The summed E-state index contributed by atoms with van der Waals surface area (Å²) in [6.45, 7) is 4.30. The summed E-state index contributed by atoms with van der Waals surface area (Å²) in [5.41, 5.74) is 3.56. The highest BCUT2D eigenvalue weighted by Gasteiger charge is 2.19. The number of carbonyl (C=O) groups is 1. The molecule has 0 aliphatic rings. The number of anilines is 2. The third kappa shape index (κ3) is 3.80. The number of hydrogen-bond acceptors (Lipinski definition) is 4. The molecule has 3 aromatic carbocycles. The molecule has 0 fully saturated rings. The smallest absolute Gasteiger partial charge is 0.194 e. The Labute approximate surface area is 180 Å². The molecule has 0 aliphatic heterocycles. The lowest BCUT2D eigenvalue weighted by Gasteiger charge is -2.25. The quantitative estimate of drug-likeness (QED) is 0.265. The minimum absolute atomic E-state index is 0.0977. The first-order chi connectivity index (χ1) is 14.6. The topological polar surface area (TPSA) is 42.4 Å². The Morgan fingerprint density at radius 2 is 1.77 bits per heavy atom. The molecule has 0 spiro atoms. The number of fused-ring (bicyclic) bond motifs is 1. The van der Waals surface area contributed by atoms with E-state index in [-0.39, 0.29) is 5.78 Å². The molecular formula is C25H21ClN2O2. The van der Waals surface area contributed by atoms with Crippen LogP contribution >= 0.6 is 11.6 Å². The molecule has 0 aliphatic carbocycles. The summed E-state index contributed by atoms with van der Waals surface area (Å²) in [6, 6.07) is 20.8. The standard InChI is InChI=1S/C25H21ClN2O2/c1-3-30-28(24-16-27-15-18-9-5-7-11-21(18)24)19-12-13-22(23(26)14-19)25(29)20-10-6-4-8-17(20)2/h4-16H,3H2,1-2H3. The number of rotatable bonds is 6. The molecule has 0 amide bonds. The fourth-order valence-electron chi connectivity index (χ4n) is 3.46. The molecule has 0 saturated heterocycles. The Bertz CT molecular complexity index is 1220. The largest absolute Gasteiger partial charge is 0.289 e. The molecule has 5 heteroatoms. The molecular weight excluding hydrogens is 396 g/mol. The molecule has 4 nitrogen and oxygen atoms in total. The van der Waals surface area contributed by atoms with E-state index in [1.165, 1.54) is 0 Å². The molecule has 0 bridgehead atoms. The molecule has 0 atom stereocenters. The molecule has 1 heterocycles. The number of benzene rings is 3. The van der Waals surface area contributed by atoms with Crippen LogP contribution in [0, 0.1) is 6.92 Å². The Morgan fingerprint density at radius 1 is 1.00 bits per heavy atom. The van der Waals surface area contributed by atoms with E-state index in [1.807, 2.05) is 74.6 Å². The number of hydrogen-bond donors (Lipinski definition) is 0. The maximum absolute atomic E-state index is 13.0. The van der Waals surface area contributed by atoms with Crippen molar-refractivity contribution in [2.45, 2.75) is 13.8 Å². The number of aryl methyl sites for hydroxylation is 1. The van der Waals surface area contributed by atoms with Crippen molar-refractivity contribution in [2.24, 2.45) is 0 Å². The summed E-state index contributed by atoms with van der Waals surface area (Å²) in [5.74, 6) is -0.0977. The summed E-state index contributed by atoms with van der Waals surface area (Å²) >= 11 is 6.56. The highest BCUT2D eigenvalue weighted by molar-refractivity contribution is 6.35. The van der Waals surface area contributed by atoms with Crippen LogP contribution in [0.5, 0.6) is 0 Å². The maximum atomic E-state index is 13.0. The number of ketones is 1. The van der Waals surface area contributed by atoms with Crippen molar-refractivity contribution in [3.05, 3.63) is 101 Å². The second-order valence-corrected chi connectivity index (χ2v) is 7.31. The number of carbonyl (C=O) groups excluding carboxylic acids is 1. The van der Waals surface area contributed by atoms with Gasteiger partial charge in [0.25, 0.3) is 0 Å². The average Bonchev–Trinajstić information content (AvgIpc) is 2.77. The van der Waals surface area contributed by atoms with Gasteiger partial charge < -0.3 is 0 Å². The zero-order valence-electron chi connectivity index (χ0n) is 16.8. The molecule has 0 N–H and O–H groups in total. The lowest BCUT2D eigenvalue weighted by Crippen LogP contribution is -2.18. The molecule has 150 valence electrons. The highest BCUT2D eigenvalue weighted by atomic mass is 35.5. The first kappa shape index (κ1) is 20.1. The second kappa shape index (κ2) is 8.66. The molecule has 0 unspecified atom stereocenters. The molecule has 4 aromatic rings. The lowest BCUT2D eigenvalue weighted by molar-refractivity contribution is 0.103. The van der Waals surface area contributed by atoms with Crippen LogP contribution in [0.3, 0.4) is 0 Å². The Morgan fingerprint density at radius 3 is 2.53 bits per heavy atom. The van der Waals surface area contributed by atoms with Gasteiger partial charge in [0, 0.05) is 28.1 Å². The van der Waals surface area contributed by atoms with Crippen LogP contribution in [0.2, 0.25) is 5.02 Å². The van der Waals surface area contributed by atoms with Crippen LogP contribution in [0.15, 0.2) is 79.1 Å². The molecule has 0 radical (unpaired) electrons. The van der Waals surface area contributed by atoms with Crippen LogP contribution in [0.1, 0.15) is 28.4 Å². The normalized spacial score (nSPS) is 10.9. The van der Waals surface area contributed by atoms with E-state index >= 15 is 0 Å². The third-order valence-electron chi connectivity index (χ3n) is 4.95. The predicted octanol–water partition coefficient (Wildman–Crippen LogP) is 6.52. The Balaban J connectivity index is 1.76. The van der Waals surface area contributed by atoms with E-state index in [4.69, 9.17) is 16.4 Å².